The first-order valence-corrected chi connectivity index (χ1v) is 9.91. The van der Waals surface area contributed by atoms with Crippen LogP contribution in [0.25, 0.3) is 0 Å². The molecule has 10 nitrogen and oxygen atoms in total. The SMILES string of the molecule is CC(C)ON(O)C=Nc1cccc(Nc2ncc(C(N)=O)c(NCc3ccccc3)n2)c1. The van der Waals surface area contributed by atoms with E-state index >= 15 is 0 Å². The number of primary amides is 1. The number of hydrogen-bond acceptors (Lipinski definition) is 8. The maximum Gasteiger partial charge on any atom is 0.254 e. The Bertz CT molecular complexity index is 1070. The standard InChI is InChI=1S/C22H25N7O3/c1-15(2)32-29(31)14-26-17-9-6-10-18(11-17)27-22-25-13-19(20(23)30)21(28-22)24-12-16-7-4-3-5-8-16/h3-11,13-15,31H,12H2,1-2H3,(H2,23,30)(H2,24,25,27,28). The molecule has 0 spiro atoms. The van der Waals surface area contributed by atoms with Gasteiger partial charge >= 0.3 is 0 Å². The van der Waals surface area contributed by atoms with Gasteiger partial charge in [0.25, 0.3) is 5.91 Å². The first-order valence-electron chi connectivity index (χ1n) is 9.91. The molecule has 0 aliphatic heterocycles. The van der Waals surface area contributed by atoms with E-state index in [9.17, 15) is 10.0 Å². The first kappa shape index (κ1) is 22.7. The molecule has 0 saturated carbocycles. The second-order valence-electron chi connectivity index (χ2n) is 7.04. The van der Waals surface area contributed by atoms with Gasteiger partial charge in [-0.1, -0.05) is 36.4 Å². The van der Waals surface area contributed by atoms with Crippen molar-refractivity contribution in [2.24, 2.45) is 10.7 Å². The van der Waals surface area contributed by atoms with E-state index < -0.39 is 5.91 Å². The van der Waals surface area contributed by atoms with Crippen LogP contribution < -0.4 is 16.4 Å². The van der Waals surface area contributed by atoms with E-state index in [1.165, 1.54) is 6.20 Å². The number of hydroxylamine groups is 2. The highest BCUT2D eigenvalue weighted by Crippen LogP contribution is 2.22. The molecule has 0 aliphatic carbocycles. The van der Waals surface area contributed by atoms with Gasteiger partial charge in [-0.3, -0.25) is 10.0 Å². The van der Waals surface area contributed by atoms with Crippen LogP contribution in [0.3, 0.4) is 0 Å². The lowest BCUT2D eigenvalue weighted by molar-refractivity contribution is -0.298. The largest absolute Gasteiger partial charge is 0.365 e. The topological polar surface area (TPSA) is 138 Å². The second-order valence-corrected chi connectivity index (χ2v) is 7.04. The van der Waals surface area contributed by atoms with Crippen molar-refractivity contribution in [1.29, 1.82) is 0 Å². The van der Waals surface area contributed by atoms with E-state index in [4.69, 9.17) is 10.6 Å². The summed E-state index contributed by atoms with van der Waals surface area (Å²) in [6.07, 6.45) is 2.34. The van der Waals surface area contributed by atoms with Crippen LogP contribution in [0.2, 0.25) is 0 Å². The number of carbonyl (C=O) groups excluding carboxylic acids is 1. The van der Waals surface area contributed by atoms with E-state index in [1.54, 1.807) is 32.0 Å². The lowest BCUT2D eigenvalue weighted by Crippen LogP contribution is -2.21. The molecule has 2 aromatic carbocycles. The molecule has 3 aromatic rings. The molecule has 1 amide bonds. The summed E-state index contributed by atoms with van der Waals surface area (Å²) in [6, 6.07) is 16.8. The first-order chi connectivity index (χ1) is 15.4. The fourth-order valence-electron chi connectivity index (χ4n) is 2.69. The molecule has 166 valence electrons. The Hall–Kier alpha value is -4.02. The summed E-state index contributed by atoms with van der Waals surface area (Å²) in [5.41, 5.74) is 7.91. The van der Waals surface area contributed by atoms with Gasteiger partial charge in [-0.05, 0) is 37.6 Å². The smallest absolute Gasteiger partial charge is 0.254 e. The number of amides is 1. The van der Waals surface area contributed by atoms with Crippen LogP contribution in [0.4, 0.5) is 23.1 Å². The van der Waals surface area contributed by atoms with Gasteiger partial charge in [0.15, 0.2) is 0 Å². The highest BCUT2D eigenvalue weighted by molar-refractivity contribution is 5.97. The van der Waals surface area contributed by atoms with Crippen molar-refractivity contribution in [2.45, 2.75) is 26.5 Å². The predicted molar refractivity (Wildman–Crippen MR) is 122 cm³/mol. The number of nitrogens with two attached hydrogens (primary N) is 1. The minimum Gasteiger partial charge on any atom is -0.365 e. The fraction of sp³-hybridized carbons (Fsp3) is 0.182. The van der Waals surface area contributed by atoms with E-state index in [1.807, 2.05) is 36.4 Å². The third-order valence-corrected chi connectivity index (χ3v) is 4.08. The van der Waals surface area contributed by atoms with Crippen molar-refractivity contribution >= 4 is 35.4 Å². The molecule has 1 aromatic heterocycles. The molecular formula is C22H25N7O3. The van der Waals surface area contributed by atoms with Crippen molar-refractivity contribution < 1.29 is 14.8 Å². The quantitative estimate of drug-likeness (QED) is 0.215. The Labute approximate surface area is 185 Å². The van der Waals surface area contributed by atoms with Gasteiger partial charge in [-0.25, -0.2) is 14.8 Å². The van der Waals surface area contributed by atoms with Crippen LogP contribution in [0.5, 0.6) is 0 Å². The minimum atomic E-state index is -0.624. The molecule has 0 radical (unpaired) electrons. The van der Waals surface area contributed by atoms with Gasteiger partial charge in [-0.2, -0.15) is 4.98 Å². The van der Waals surface area contributed by atoms with Crippen LogP contribution in [0.15, 0.2) is 65.8 Å². The molecule has 0 saturated heterocycles. The predicted octanol–water partition coefficient (Wildman–Crippen LogP) is 3.62. The van der Waals surface area contributed by atoms with Crippen LogP contribution in [-0.4, -0.2) is 38.8 Å². The van der Waals surface area contributed by atoms with Crippen molar-refractivity contribution in [3.05, 3.63) is 71.9 Å². The summed E-state index contributed by atoms with van der Waals surface area (Å²) in [4.78, 5) is 29.6. The number of aliphatic imine (C=N–C) groups is 1. The Kier molecular flexibility index (Phi) is 7.68. The van der Waals surface area contributed by atoms with Crippen molar-refractivity contribution in [1.82, 2.24) is 15.2 Å². The summed E-state index contributed by atoms with van der Waals surface area (Å²) >= 11 is 0. The van der Waals surface area contributed by atoms with E-state index in [0.29, 0.717) is 29.0 Å². The molecule has 3 rings (SSSR count). The summed E-state index contributed by atoms with van der Waals surface area (Å²) < 4.78 is 0. The van der Waals surface area contributed by atoms with Crippen LogP contribution in [0, 0.1) is 0 Å². The zero-order valence-electron chi connectivity index (χ0n) is 17.8. The van der Waals surface area contributed by atoms with Crippen LogP contribution in [0.1, 0.15) is 29.8 Å². The van der Waals surface area contributed by atoms with E-state index in [-0.39, 0.29) is 17.6 Å². The van der Waals surface area contributed by atoms with Gasteiger partial charge in [0, 0.05) is 18.4 Å². The Morgan fingerprint density at radius 3 is 2.75 bits per heavy atom. The molecule has 0 bridgehead atoms. The third kappa shape index (κ3) is 6.76. The van der Waals surface area contributed by atoms with Gasteiger partial charge < -0.3 is 16.4 Å². The van der Waals surface area contributed by atoms with Crippen molar-refractivity contribution in [3.63, 3.8) is 0 Å². The second kappa shape index (κ2) is 10.8. The molecule has 0 aliphatic rings. The molecule has 0 fully saturated rings. The monoisotopic (exact) mass is 435 g/mol. The highest BCUT2D eigenvalue weighted by atomic mass is 16.9. The van der Waals surface area contributed by atoms with Crippen LogP contribution in [-0.2, 0) is 11.4 Å². The highest BCUT2D eigenvalue weighted by Gasteiger charge is 2.12. The normalized spacial score (nSPS) is 11.0. The molecule has 10 heteroatoms. The number of carbonyl (C=O) groups is 1. The summed E-state index contributed by atoms with van der Waals surface area (Å²) in [5.74, 6) is -0.0194. The maximum absolute atomic E-state index is 11.8. The number of rotatable bonds is 10. The van der Waals surface area contributed by atoms with Gasteiger partial charge in [0.05, 0.1) is 17.4 Å². The zero-order chi connectivity index (χ0) is 22.9. The zero-order valence-corrected chi connectivity index (χ0v) is 17.8. The summed E-state index contributed by atoms with van der Waals surface area (Å²) in [6.45, 7) is 4.04. The molecule has 5 N–H and O–H groups in total. The Balaban J connectivity index is 1.74. The van der Waals surface area contributed by atoms with Gasteiger partial charge in [0.2, 0.25) is 5.95 Å². The molecule has 0 atom stereocenters. The van der Waals surface area contributed by atoms with Gasteiger partial charge in [-0.15, -0.1) is 5.23 Å². The lowest BCUT2D eigenvalue weighted by atomic mass is 10.2. The summed E-state index contributed by atoms with van der Waals surface area (Å²) in [7, 11) is 0. The summed E-state index contributed by atoms with van der Waals surface area (Å²) in [5, 5.41) is 16.4. The van der Waals surface area contributed by atoms with Gasteiger partial charge in [0.1, 0.15) is 12.2 Å². The van der Waals surface area contributed by atoms with E-state index in [0.717, 1.165) is 11.9 Å². The Morgan fingerprint density at radius 2 is 2.03 bits per heavy atom. The third-order valence-electron chi connectivity index (χ3n) is 4.08. The molecule has 0 unspecified atom stereocenters. The number of nitrogens with zero attached hydrogens (tertiary/aromatic N) is 4. The molecular weight excluding hydrogens is 410 g/mol. The van der Waals surface area contributed by atoms with Crippen LogP contribution >= 0.6 is 0 Å². The number of nitrogens with one attached hydrogen (secondary N) is 2. The average molecular weight is 435 g/mol. The molecule has 32 heavy (non-hydrogen) atoms. The number of benzene rings is 2. The number of aromatic nitrogens is 2. The number of hydrogen-bond donors (Lipinski definition) is 4. The molecule has 1 heterocycles. The lowest BCUT2D eigenvalue weighted by Gasteiger charge is -2.13. The minimum absolute atomic E-state index is 0.190. The fourth-order valence-corrected chi connectivity index (χ4v) is 2.69. The maximum atomic E-state index is 11.8. The average Bonchev–Trinajstić information content (AvgIpc) is 2.77. The Morgan fingerprint density at radius 1 is 1.25 bits per heavy atom. The number of anilines is 3. The van der Waals surface area contributed by atoms with Crippen molar-refractivity contribution in [2.75, 3.05) is 10.6 Å². The van der Waals surface area contributed by atoms with Crippen molar-refractivity contribution in [3.8, 4) is 0 Å². The van der Waals surface area contributed by atoms with E-state index in [2.05, 4.69) is 25.6 Å².